The fourth-order valence-corrected chi connectivity index (χ4v) is 3.05. The van der Waals surface area contributed by atoms with E-state index in [9.17, 15) is 4.79 Å². The first-order valence-corrected chi connectivity index (χ1v) is 6.44. The van der Waals surface area contributed by atoms with Gasteiger partial charge in [0.15, 0.2) is 5.78 Å². The van der Waals surface area contributed by atoms with Gasteiger partial charge in [0.1, 0.15) is 0 Å². The van der Waals surface area contributed by atoms with Crippen LogP contribution in [0, 0.1) is 0 Å². The number of nitrogens with zero attached hydrogens (tertiary/aromatic N) is 2. The van der Waals surface area contributed by atoms with Crippen molar-refractivity contribution in [2.24, 2.45) is 7.05 Å². The molecule has 2 aliphatic rings. The van der Waals surface area contributed by atoms with Crippen LogP contribution in [-0.4, -0.2) is 28.8 Å². The highest BCUT2D eigenvalue weighted by molar-refractivity contribution is 5.99. The molecule has 0 atom stereocenters. The fourth-order valence-electron chi connectivity index (χ4n) is 3.05. The summed E-state index contributed by atoms with van der Waals surface area (Å²) in [6.45, 7) is 1.61. The molecule has 1 aromatic rings. The summed E-state index contributed by atoms with van der Waals surface area (Å²) in [7, 11) is 1.97. The average molecular weight is 234 g/mol. The zero-order valence-corrected chi connectivity index (χ0v) is 10.2. The molecule has 1 fully saturated rings. The van der Waals surface area contributed by atoms with E-state index >= 15 is 0 Å². The molecule has 0 spiro atoms. The van der Waals surface area contributed by atoms with Crippen molar-refractivity contribution >= 4 is 5.78 Å². The molecule has 0 unspecified atom stereocenters. The lowest BCUT2D eigenvalue weighted by Crippen LogP contribution is -2.20. The maximum atomic E-state index is 12.1. The molecule has 92 valence electrons. The van der Waals surface area contributed by atoms with Crippen LogP contribution in [0.2, 0.25) is 0 Å². The van der Waals surface area contributed by atoms with Gasteiger partial charge in [-0.15, -0.1) is 0 Å². The Labute approximate surface area is 101 Å². The Kier molecular flexibility index (Phi) is 2.74. The minimum absolute atomic E-state index is 0.292. The number of Topliss-reactive ketones (excluding diaryl/α,β-unsaturated/α-hetero) is 1. The molecule has 0 amide bonds. The van der Waals surface area contributed by atoms with Gasteiger partial charge in [0, 0.05) is 32.6 Å². The zero-order chi connectivity index (χ0) is 11.8. The van der Waals surface area contributed by atoms with E-state index in [4.69, 9.17) is 4.74 Å². The first-order chi connectivity index (χ1) is 8.27. The smallest absolute Gasteiger partial charge is 0.166 e. The second-order valence-corrected chi connectivity index (χ2v) is 4.99. The number of ketones is 1. The predicted molar refractivity (Wildman–Crippen MR) is 63.3 cm³/mol. The second-order valence-electron chi connectivity index (χ2n) is 4.99. The predicted octanol–water partition coefficient (Wildman–Crippen LogP) is 1.83. The highest BCUT2D eigenvalue weighted by atomic mass is 16.5. The number of hydrogen-bond donors (Lipinski definition) is 0. The molecule has 4 heteroatoms. The number of carbonyl (C=O) groups excluding carboxylic acids is 1. The van der Waals surface area contributed by atoms with E-state index in [1.165, 1.54) is 0 Å². The summed E-state index contributed by atoms with van der Waals surface area (Å²) in [5, 5.41) is 4.53. The Morgan fingerprint density at radius 1 is 1.29 bits per heavy atom. The SMILES string of the molecule is Cn1nc2c(c1C1CCOCC1)C(=O)CCC2. The van der Waals surface area contributed by atoms with Crippen molar-refractivity contribution in [3.8, 4) is 0 Å². The van der Waals surface area contributed by atoms with Crippen LogP contribution in [-0.2, 0) is 18.2 Å². The summed E-state index contributed by atoms with van der Waals surface area (Å²) >= 11 is 0. The molecule has 4 nitrogen and oxygen atoms in total. The van der Waals surface area contributed by atoms with Gasteiger partial charge in [0.05, 0.1) is 17.0 Å². The molecule has 0 N–H and O–H groups in total. The van der Waals surface area contributed by atoms with Gasteiger partial charge in [-0.2, -0.15) is 5.10 Å². The van der Waals surface area contributed by atoms with E-state index < -0.39 is 0 Å². The Morgan fingerprint density at radius 2 is 2.06 bits per heavy atom. The first-order valence-electron chi connectivity index (χ1n) is 6.44. The van der Waals surface area contributed by atoms with Gasteiger partial charge in [-0.1, -0.05) is 0 Å². The maximum Gasteiger partial charge on any atom is 0.166 e. The molecule has 1 aliphatic heterocycles. The summed E-state index contributed by atoms with van der Waals surface area (Å²) < 4.78 is 7.33. The summed E-state index contributed by atoms with van der Waals surface area (Å²) in [4.78, 5) is 12.1. The van der Waals surface area contributed by atoms with Crippen LogP contribution >= 0.6 is 0 Å². The highest BCUT2D eigenvalue weighted by Gasteiger charge is 2.30. The van der Waals surface area contributed by atoms with Gasteiger partial charge in [-0.05, 0) is 25.7 Å². The number of carbonyl (C=O) groups is 1. The molecule has 17 heavy (non-hydrogen) atoms. The Balaban J connectivity index is 2.03. The van der Waals surface area contributed by atoms with E-state index in [-0.39, 0.29) is 0 Å². The van der Waals surface area contributed by atoms with Crippen molar-refractivity contribution in [3.05, 3.63) is 17.0 Å². The third-order valence-corrected chi connectivity index (χ3v) is 3.87. The maximum absolute atomic E-state index is 12.1. The van der Waals surface area contributed by atoms with Crippen LogP contribution in [0.15, 0.2) is 0 Å². The van der Waals surface area contributed by atoms with E-state index in [1.54, 1.807) is 0 Å². The molecule has 2 heterocycles. The largest absolute Gasteiger partial charge is 0.381 e. The summed E-state index contributed by atoms with van der Waals surface area (Å²) in [6.07, 6.45) is 4.63. The normalized spacial score (nSPS) is 21.6. The van der Waals surface area contributed by atoms with Crippen LogP contribution < -0.4 is 0 Å². The molecule has 0 bridgehead atoms. The molecule has 1 saturated heterocycles. The van der Waals surface area contributed by atoms with Crippen LogP contribution in [0.5, 0.6) is 0 Å². The quantitative estimate of drug-likeness (QED) is 0.744. The van der Waals surface area contributed by atoms with Gasteiger partial charge in [-0.25, -0.2) is 0 Å². The molecule has 1 aliphatic carbocycles. The lowest BCUT2D eigenvalue weighted by Gasteiger charge is -2.23. The number of ether oxygens (including phenoxy) is 1. The van der Waals surface area contributed by atoms with Crippen molar-refractivity contribution < 1.29 is 9.53 Å². The Hall–Kier alpha value is -1.16. The van der Waals surface area contributed by atoms with Gasteiger partial charge in [-0.3, -0.25) is 9.48 Å². The lowest BCUT2D eigenvalue weighted by molar-refractivity contribution is 0.0827. The number of rotatable bonds is 1. The van der Waals surface area contributed by atoms with Crippen LogP contribution in [0.25, 0.3) is 0 Å². The van der Waals surface area contributed by atoms with Crippen molar-refractivity contribution in [1.29, 1.82) is 0 Å². The minimum atomic E-state index is 0.292. The fraction of sp³-hybridized carbons (Fsp3) is 0.692. The van der Waals surface area contributed by atoms with Crippen molar-refractivity contribution in [2.75, 3.05) is 13.2 Å². The van der Waals surface area contributed by atoms with E-state index in [1.807, 2.05) is 11.7 Å². The van der Waals surface area contributed by atoms with Crippen LogP contribution in [0.3, 0.4) is 0 Å². The molecule has 1 aromatic heterocycles. The van der Waals surface area contributed by atoms with E-state index in [2.05, 4.69) is 5.10 Å². The molecular weight excluding hydrogens is 216 g/mol. The summed E-state index contributed by atoms with van der Waals surface area (Å²) in [5.74, 6) is 0.743. The number of aromatic nitrogens is 2. The monoisotopic (exact) mass is 234 g/mol. The topological polar surface area (TPSA) is 44.1 Å². The molecular formula is C13H18N2O2. The molecule has 3 rings (SSSR count). The number of hydrogen-bond acceptors (Lipinski definition) is 3. The van der Waals surface area contributed by atoms with Crippen molar-refractivity contribution in [2.45, 2.75) is 38.0 Å². The van der Waals surface area contributed by atoms with Gasteiger partial charge < -0.3 is 4.74 Å². The Bertz CT molecular complexity index is 445. The number of fused-ring (bicyclic) bond motifs is 1. The number of aryl methyl sites for hydroxylation is 2. The minimum Gasteiger partial charge on any atom is -0.381 e. The van der Waals surface area contributed by atoms with Gasteiger partial charge in [0.2, 0.25) is 0 Å². The summed E-state index contributed by atoms with van der Waals surface area (Å²) in [6, 6.07) is 0. The van der Waals surface area contributed by atoms with E-state index in [0.717, 1.165) is 55.8 Å². The average Bonchev–Trinajstić information content (AvgIpc) is 2.68. The zero-order valence-electron chi connectivity index (χ0n) is 10.2. The standard InChI is InChI=1S/C13H18N2O2/c1-15-13(9-5-7-17-8-6-9)12-10(14-15)3-2-4-11(12)16/h9H,2-8H2,1H3. The van der Waals surface area contributed by atoms with Gasteiger partial charge in [0.25, 0.3) is 0 Å². The second kappa shape index (κ2) is 4.26. The van der Waals surface area contributed by atoms with Crippen LogP contribution in [0.1, 0.15) is 53.3 Å². The summed E-state index contributed by atoms with van der Waals surface area (Å²) in [5.41, 5.74) is 3.11. The van der Waals surface area contributed by atoms with Crippen LogP contribution in [0.4, 0.5) is 0 Å². The molecule has 0 aromatic carbocycles. The lowest BCUT2D eigenvalue weighted by atomic mass is 9.87. The van der Waals surface area contributed by atoms with Crippen molar-refractivity contribution in [1.82, 2.24) is 9.78 Å². The van der Waals surface area contributed by atoms with E-state index in [0.29, 0.717) is 18.1 Å². The third-order valence-electron chi connectivity index (χ3n) is 3.87. The van der Waals surface area contributed by atoms with Gasteiger partial charge >= 0.3 is 0 Å². The van der Waals surface area contributed by atoms with Crippen molar-refractivity contribution in [3.63, 3.8) is 0 Å². The molecule has 0 radical (unpaired) electrons. The third kappa shape index (κ3) is 1.80. The molecule has 0 saturated carbocycles. The Morgan fingerprint density at radius 3 is 2.82 bits per heavy atom. The first kappa shape index (κ1) is 11.0. The highest BCUT2D eigenvalue weighted by Crippen LogP contribution is 2.33.